The van der Waals surface area contributed by atoms with Crippen molar-refractivity contribution in [3.8, 4) is 5.75 Å². The number of fused-ring (bicyclic) bond motifs is 5. The molecule has 4 heteroatoms. The Kier molecular flexibility index (Phi) is 6.33. The standard InChI is InChI=1S/C32H47NO3/c1-29-16-5-4-8-24(29)11-14-28-27(29)15-17-30(2)31(28,34)18-19-32(30,25-9-12-26(35-3)13-10-25)36-23-22-33-20-6-7-21-33/h9-13,27-28,34H,4-8,14-23H2,1-3H3/t27-,28-,29+,30+,31-,32?/m1/s1. The summed E-state index contributed by atoms with van der Waals surface area (Å²) in [6, 6.07) is 8.57. The summed E-state index contributed by atoms with van der Waals surface area (Å²) < 4.78 is 12.6. The molecule has 4 fully saturated rings. The summed E-state index contributed by atoms with van der Waals surface area (Å²) in [5.74, 6) is 1.79. The van der Waals surface area contributed by atoms with Crippen LogP contribution >= 0.6 is 0 Å². The highest BCUT2D eigenvalue weighted by Gasteiger charge is 2.72. The Morgan fingerprint density at radius 3 is 2.47 bits per heavy atom. The van der Waals surface area contributed by atoms with Crippen molar-refractivity contribution >= 4 is 0 Å². The minimum absolute atomic E-state index is 0.278. The Balaban J connectivity index is 1.36. The van der Waals surface area contributed by atoms with Crippen LogP contribution in [0.1, 0.15) is 90.0 Å². The number of rotatable bonds is 6. The zero-order valence-electron chi connectivity index (χ0n) is 22.9. The molecule has 4 nitrogen and oxygen atoms in total. The molecule has 6 rings (SSSR count). The molecule has 1 N–H and O–H groups in total. The van der Waals surface area contributed by atoms with Gasteiger partial charge >= 0.3 is 0 Å². The number of likely N-dealkylation sites (tertiary alicyclic amines) is 1. The highest BCUT2D eigenvalue weighted by molar-refractivity contribution is 5.38. The van der Waals surface area contributed by atoms with E-state index in [1.54, 1.807) is 12.7 Å². The minimum Gasteiger partial charge on any atom is -0.497 e. The van der Waals surface area contributed by atoms with Crippen LogP contribution in [-0.2, 0) is 10.3 Å². The number of nitrogens with zero attached hydrogens (tertiary/aromatic N) is 1. The average molecular weight is 494 g/mol. The van der Waals surface area contributed by atoms with Crippen molar-refractivity contribution in [2.75, 3.05) is 33.4 Å². The summed E-state index contributed by atoms with van der Waals surface area (Å²) >= 11 is 0. The van der Waals surface area contributed by atoms with Crippen molar-refractivity contribution in [1.29, 1.82) is 0 Å². The number of hydrogen-bond donors (Lipinski definition) is 1. The van der Waals surface area contributed by atoms with Crippen LogP contribution in [0.3, 0.4) is 0 Å². The van der Waals surface area contributed by atoms with Gasteiger partial charge in [-0.15, -0.1) is 0 Å². The molecule has 0 bridgehead atoms. The molecule has 0 aromatic heterocycles. The summed E-state index contributed by atoms with van der Waals surface area (Å²) in [4.78, 5) is 2.54. The summed E-state index contributed by atoms with van der Waals surface area (Å²) in [5, 5.41) is 12.8. The lowest BCUT2D eigenvalue weighted by Gasteiger charge is -2.62. The largest absolute Gasteiger partial charge is 0.497 e. The van der Waals surface area contributed by atoms with Gasteiger partial charge in [0.1, 0.15) is 11.4 Å². The number of benzene rings is 1. The Bertz CT molecular complexity index is 984. The minimum atomic E-state index is -0.702. The van der Waals surface area contributed by atoms with Crippen LogP contribution in [0.25, 0.3) is 0 Å². The van der Waals surface area contributed by atoms with Crippen LogP contribution < -0.4 is 4.74 Å². The van der Waals surface area contributed by atoms with Crippen LogP contribution in [0.2, 0.25) is 0 Å². The second-order valence-electron chi connectivity index (χ2n) is 13.1. The van der Waals surface area contributed by atoms with Gasteiger partial charge in [0.15, 0.2) is 0 Å². The number of aliphatic hydroxyl groups is 1. The highest BCUT2D eigenvalue weighted by atomic mass is 16.5. The Morgan fingerprint density at radius 1 is 0.944 bits per heavy atom. The maximum atomic E-state index is 12.8. The van der Waals surface area contributed by atoms with Crippen LogP contribution in [0.15, 0.2) is 35.9 Å². The summed E-state index contributed by atoms with van der Waals surface area (Å²) in [7, 11) is 1.73. The zero-order valence-corrected chi connectivity index (χ0v) is 22.9. The summed E-state index contributed by atoms with van der Waals surface area (Å²) in [5.41, 5.74) is 1.72. The first-order valence-corrected chi connectivity index (χ1v) is 14.8. The Labute approximate surface area is 218 Å². The first kappa shape index (κ1) is 24.9. The van der Waals surface area contributed by atoms with E-state index < -0.39 is 11.2 Å². The molecule has 1 unspecified atom stereocenters. The van der Waals surface area contributed by atoms with Crippen molar-refractivity contribution < 1.29 is 14.6 Å². The molecular formula is C32H47NO3. The Hall–Kier alpha value is -1.36. The van der Waals surface area contributed by atoms with Crippen LogP contribution in [0, 0.1) is 22.7 Å². The van der Waals surface area contributed by atoms with Crippen molar-refractivity contribution in [3.63, 3.8) is 0 Å². The van der Waals surface area contributed by atoms with Gasteiger partial charge in [-0.3, -0.25) is 0 Å². The molecule has 198 valence electrons. The van der Waals surface area contributed by atoms with Crippen molar-refractivity contribution in [3.05, 3.63) is 41.5 Å². The lowest BCUT2D eigenvalue weighted by Crippen LogP contribution is -2.63. The zero-order chi connectivity index (χ0) is 25.0. The average Bonchev–Trinajstić information content (AvgIpc) is 3.49. The van der Waals surface area contributed by atoms with Crippen molar-refractivity contribution in [2.24, 2.45) is 22.7 Å². The lowest BCUT2D eigenvalue weighted by molar-refractivity contribution is -0.232. The van der Waals surface area contributed by atoms with Gasteiger partial charge in [0, 0.05) is 12.0 Å². The molecule has 1 heterocycles. The van der Waals surface area contributed by atoms with E-state index in [4.69, 9.17) is 9.47 Å². The maximum Gasteiger partial charge on any atom is 0.118 e. The molecule has 3 saturated carbocycles. The third kappa shape index (κ3) is 3.50. The second-order valence-corrected chi connectivity index (χ2v) is 13.1. The molecule has 0 spiro atoms. The van der Waals surface area contributed by atoms with Crippen molar-refractivity contribution in [2.45, 2.75) is 95.7 Å². The quantitative estimate of drug-likeness (QED) is 0.461. The predicted octanol–water partition coefficient (Wildman–Crippen LogP) is 6.47. The molecule has 1 saturated heterocycles. The van der Waals surface area contributed by atoms with Crippen LogP contribution in [0.5, 0.6) is 5.75 Å². The van der Waals surface area contributed by atoms with Gasteiger partial charge in [-0.05, 0) is 112 Å². The fourth-order valence-electron chi connectivity index (χ4n) is 9.66. The van der Waals surface area contributed by atoms with Crippen LogP contribution in [0.4, 0.5) is 0 Å². The number of hydrogen-bond acceptors (Lipinski definition) is 4. The van der Waals surface area contributed by atoms with E-state index in [2.05, 4.69) is 49.1 Å². The molecule has 4 aliphatic carbocycles. The number of allylic oxidation sites excluding steroid dienone is 2. The molecule has 1 aromatic carbocycles. The first-order valence-electron chi connectivity index (χ1n) is 14.8. The van der Waals surface area contributed by atoms with Crippen molar-refractivity contribution in [1.82, 2.24) is 4.90 Å². The van der Waals surface area contributed by atoms with Gasteiger partial charge in [0.05, 0.1) is 19.3 Å². The maximum absolute atomic E-state index is 12.8. The number of ether oxygens (including phenoxy) is 2. The van der Waals surface area contributed by atoms with E-state index in [-0.39, 0.29) is 10.8 Å². The van der Waals surface area contributed by atoms with E-state index >= 15 is 0 Å². The molecule has 1 aliphatic heterocycles. The van der Waals surface area contributed by atoms with Gasteiger partial charge in [-0.2, -0.15) is 0 Å². The molecule has 0 radical (unpaired) electrons. The van der Waals surface area contributed by atoms with Gasteiger partial charge in [0.25, 0.3) is 0 Å². The van der Waals surface area contributed by atoms with E-state index in [1.807, 2.05) is 0 Å². The van der Waals surface area contributed by atoms with E-state index in [1.165, 1.54) is 63.6 Å². The number of methoxy groups -OCH3 is 1. The topological polar surface area (TPSA) is 41.9 Å². The fraction of sp³-hybridized carbons (Fsp3) is 0.750. The van der Waals surface area contributed by atoms with Gasteiger partial charge in [-0.25, -0.2) is 0 Å². The summed E-state index contributed by atoms with van der Waals surface area (Å²) in [6.07, 6.45) is 15.4. The van der Waals surface area contributed by atoms with Gasteiger partial charge < -0.3 is 19.5 Å². The predicted molar refractivity (Wildman–Crippen MR) is 144 cm³/mol. The summed E-state index contributed by atoms with van der Waals surface area (Å²) in [6.45, 7) is 9.00. The monoisotopic (exact) mass is 493 g/mol. The van der Waals surface area contributed by atoms with E-state index in [0.29, 0.717) is 11.8 Å². The molecule has 1 aromatic rings. The second kappa shape index (κ2) is 9.13. The molecule has 0 amide bonds. The third-order valence-electron chi connectivity index (χ3n) is 11.8. The fourth-order valence-corrected chi connectivity index (χ4v) is 9.66. The van der Waals surface area contributed by atoms with Gasteiger partial charge in [0.2, 0.25) is 0 Å². The normalized spacial score (nSPS) is 42.4. The smallest absolute Gasteiger partial charge is 0.118 e. The lowest BCUT2D eigenvalue weighted by atomic mass is 9.45. The third-order valence-corrected chi connectivity index (χ3v) is 11.8. The Morgan fingerprint density at radius 2 is 1.72 bits per heavy atom. The highest BCUT2D eigenvalue weighted by Crippen LogP contribution is 2.71. The molecular weight excluding hydrogens is 446 g/mol. The van der Waals surface area contributed by atoms with Crippen LogP contribution in [-0.4, -0.2) is 49.0 Å². The SMILES string of the molecule is COc1ccc(C2(OCCN3CCCC3)CC[C@@]3(O)[C@@H]4CC=C5CCCC[C@]5(C)[C@@H]4CC[C@]23C)cc1. The molecule has 36 heavy (non-hydrogen) atoms. The van der Waals surface area contributed by atoms with E-state index in [9.17, 15) is 5.11 Å². The molecule has 6 atom stereocenters. The van der Waals surface area contributed by atoms with E-state index in [0.717, 1.165) is 44.6 Å². The molecule has 5 aliphatic rings. The first-order chi connectivity index (χ1) is 17.4. The van der Waals surface area contributed by atoms with Gasteiger partial charge in [-0.1, -0.05) is 44.1 Å².